The number of carboxylic acid groups (broad SMARTS) is 2. The van der Waals surface area contributed by atoms with Crippen LogP contribution in [0.2, 0.25) is 0 Å². The van der Waals surface area contributed by atoms with E-state index in [1.165, 1.54) is 36.2 Å². The van der Waals surface area contributed by atoms with Crippen molar-refractivity contribution in [1.82, 2.24) is 9.80 Å². The Bertz CT molecular complexity index is 1090. The molecule has 39 heavy (non-hydrogen) atoms. The van der Waals surface area contributed by atoms with Gasteiger partial charge in [0, 0.05) is 32.7 Å². The number of aryl methyl sites for hydroxylation is 1. The zero-order valence-corrected chi connectivity index (χ0v) is 21.7. The van der Waals surface area contributed by atoms with Gasteiger partial charge in [-0.1, -0.05) is 54.6 Å². The Morgan fingerprint density at radius 2 is 1.18 bits per heavy atom. The zero-order chi connectivity index (χ0) is 28.0. The molecule has 0 amide bonds. The highest BCUT2D eigenvalue weighted by molar-refractivity contribution is 6.27. The molecule has 3 aromatic carbocycles. The summed E-state index contributed by atoms with van der Waals surface area (Å²) in [6, 6.07) is 23.3. The van der Waals surface area contributed by atoms with E-state index in [0.717, 1.165) is 56.8 Å². The van der Waals surface area contributed by atoms with Gasteiger partial charge in [0.25, 0.3) is 0 Å². The average molecular weight is 541 g/mol. The molecule has 208 valence electrons. The van der Waals surface area contributed by atoms with E-state index in [2.05, 4.69) is 40.1 Å². The number of hydrogen-bond donors (Lipinski definition) is 2. The van der Waals surface area contributed by atoms with Gasteiger partial charge in [0.05, 0.1) is 6.61 Å². The van der Waals surface area contributed by atoms with E-state index in [1.807, 2.05) is 0 Å². The SMILES string of the molecule is Fc1ccc(C(OCCN2CCN(CCCc3ccccc3)CC2)c2ccc(F)cc2)cc1.O=C(O)C(=O)O. The number of ether oxygens (including phenoxy) is 1. The smallest absolute Gasteiger partial charge is 0.414 e. The predicted octanol–water partition coefficient (Wildman–Crippen LogP) is 4.48. The van der Waals surface area contributed by atoms with Crippen LogP contribution in [-0.2, 0) is 20.7 Å². The number of benzene rings is 3. The number of halogens is 2. The van der Waals surface area contributed by atoms with Crippen LogP contribution in [0.5, 0.6) is 0 Å². The zero-order valence-electron chi connectivity index (χ0n) is 21.7. The molecule has 0 saturated carbocycles. The standard InChI is InChI=1S/C28H32F2N2O.C2H2O4/c29-26-12-8-24(9-13-26)28(25-10-14-27(30)15-11-25)33-22-21-32-19-17-31(18-20-32)16-4-7-23-5-2-1-3-6-23;3-1(4)2(5)6/h1-3,5-6,8-15,28H,4,7,16-22H2;(H,3,4)(H,5,6). The first-order valence-electron chi connectivity index (χ1n) is 12.9. The number of carbonyl (C=O) groups is 2. The molecule has 0 spiro atoms. The highest BCUT2D eigenvalue weighted by atomic mass is 19.1. The highest BCUT2D eigenvalue weighted by Gasteiger charge is 2.19. The first-order chi connectivity index (χ1) is 18.8. The van der Waals surface area contributed by atoms with Crippen molar-refractivity contribution in [1.29, 1.82) is 0 Å². The van der Waals surface area contributed by atoms with Crippen molar-refractivity contribution in [2.75, 3.05) is 45.9 Å². The quantitative estimate of drug-likeness (QED) is 0.367. The van der Waals surface area contributed by atoms with E-state index in [9.17, 15) is 8.78 Å². The normalized spacial score (nSPS) is 14.0. The van der Waals surface area contributed by atoms with Crippen LogP contribution < -0.4 is 0 Å². The number of piperazine rings is 1. The van der Waals surface area contributed by atoms with E-state index < -0.39 is 11.9 Å². The van der Waals surface area contributed by atoms with E-state index in [0.29, 0.717) is 6.61 Å². The lowest BCUT2D eigenvalue weighted by molar-refractivity contribution is -0.159. The van der Waals surface area contributed by atoms with Crippen LogP contribution in [0, 0.1) is 11.6 Å². The molecule has 0 aliphatic carbocycles. The largest absolute Gasteiger partial charge is 0.473 e. The summed E-state index contributed by atoms with van der Waals surface area (Å²) < 4.78 is 33.0. The maximum absolute atomic E-state index is 13.4. The minimum atomic E-state index is -1.82. The Morgan fingerprint density at radius 3 is 1.64 bits per heavy atom. The van der Waals surface area contributed by atoms with Gasteiger partial charge in [-0.05, 0) is 60.3 Å². The number of aliphatic carboxylic acids is 2. The molecule has 1 saturated heterocycles. The second-order valence-corrected chi connectivity index (χ2v) is 9.24. The van der Waals surface area contributed by atoms with Gasteiger partial charge in [-0.25, -0.2) is 18.4 Å². The molecule has 0 bridgehead atoms. The molecular formula is C30H34F2N2O5. The van der Waals surface area contributed by atoms with Gasteiger partial charge < -0.3 is 19.8 Å². The van der Waals surface area contributed by atoms with E-state index in [4.69, 9.17) is 24.5 Å². The number of carboxylic acids is 2. The van der Waals surface area contributed by atoms with E-state index >= 15 is 0 Å². The Labute approximate surface area is 227 Å². The van der Waals surface area contributed by atoms with Crippen molar-refractivity contribution in [3.63, 3.8) is 0 Å². The van der Waals surface area contributed by atoms with Crippen LogP contribution in [0.1, 0.15) is 29.2 Å². The summed E-state index contributed by atoms with van der Waals surface area (Å²) in [6.45, 7) is 6.77. The summed E-state index contributed by atoms with van der Waals surface area (Å²) in [6.07, 6.45) is 1.97. The lowest BCUT2D eigenvalue weighted by Crippen LogP contribution is -2.47. The molecular weight excluding hydrogens is 506 g/mol. The van der Waals surface area contributed by atoms with Crippen molar-refractivity contribution < 1.29 is 33.3 Å². The molecule has 1 fully saturated rings. The molecule has 9 heteroatoms. The minimum absolute atomic E-state index is 0.279. The summed E-state index contributed by atoms with van der Waals surface area (Å²) in [5.74, 6) is -4.21. The fraction of sp³-hybridized carbons (Fsp3) is 0.333. The molecule has 1 aliphatic heterocycles. The Hall–Kier alpha value is -3.66. The molecule has 0 atom stereocenters. The highest BCUT2D eigenvalue weighted by Crippen LogP contribution is 2.26. The average Bonchev–Trinajstić information content (AvgIpc) is 2.94. The lowest BCUT2D eigenvalue weighted by atomic mass is 10.0. The maximum Gasteiger partial charge on any atom is 0.414 e. The molecule has 1 aliphatic rings. The van der Waals surface area contributed by atoms with Crippen LogP contribution in [0.25, 0.3) is 0 Å². The van der Waals surface area contributed by atoms with Gasteiger partial charge >= 0.3 is 11.9 Å². The van der Waals surface area contributed by atoms with Crippen molar-refractivity contribution >= 4 is 11.9 Å². The van der Waals surface area contributed by atoms with Gasteiger partial charge in [0.1, 0.15) is 17.7 Å². The number of nitrogens with zero attached hydrogens (tertiary/aromatic N) is 2. The summed E-state index contributed by atoms with van der Waals surface area (Å²) in [7, 11) is 0. The van der Waals surface area contributed by atoms with Gasteiger partial charge in [0.15, 0.2) is 0 Å². The molecule has 0 radical (unpaired) electrons. The van der Waals surface area contributed by atoms with Crippen molar-refractivity contribution in [3.05, 3.63) is 107 Å². The van der Waals surface area contributed by atoms with Gasteiger partial charge in [-0.15, -0.1) is 0 Å². The second-order valence-electron chi connectivity index (χ2n) is 9.24. The van der Waals surface area contributed by atoms with Crippen molar-refractivity contribution in [2.45, 2.75) is 18.9 Å². The van der Waals surface area contributed by atoms with Crippen LogP contribution in [0.3, 0.4) is 0 Å². The summed E-state index contributed by atoms with van der Waals surface area (Å²) in [5, 5.41) is 14.8. The number of hydrogen-bond acceptors (Lipinski definition) is 5. The molecule has 4 rings (SSSR count). The molecule has 0 unspecified atom stereocenters. The summed E-state index contributed by atoms with van der Waals surface area (Å²) in [4.78, 5) is 23.2. The first kappa shape index (κ1) is 29.9. The first-order valence-corrected chi connectivity index (χ1v) is 12.9. The molecule has 3 aromatic rings. The Balaban J connectivity index is 0.000000631. The summed E-state index contributed by atoms with van der Waals surface area (Å²) >= 11 is 0. The maximum atomic E-state index is 13.4. The second kappa shape index (κ2) is 15.7. The Morgan fingerprint density at radius 1 is 0.718 bits per heavy atom. The third-order valence-corrected chi connectivity index (χ3v) is 6.47. The molecule has 7 nitrogen and oxygen atoms in total. The lowest BCUT2D eigenvalue weighted by Gasteiger charge is -2.35. The van der Waals surface area contributed by atoms with Crippen LogP contribution in [0.15, 0.2) is 78.9 Å². The fourth-order valence-corrected chi connectivity index (χ4v) is 4.35. The third-order valence-electron chi connectivity index (χ3n) is 6.47. The molecule has 1 heterocycles. The van der Waals surface area contributed by atoms with Gasteiger partial charge in [-0.2, -0.15) is 0 Å². The molecule has 2 N–H and O–H groups in total. The van der Waals surface area contributed by atoms with Crippen molar-refractivity contribution in [3.8, 4) is 0 Å². The summed E-state index contributed by atoms with van der Waals surface area (Å²) in [5.41, 5.74) is 3.14. The van der Waals surface area contributed by atoms with E-state index in [-0.39, 0.29) is 17.7 Å². The predicted molar refractivity (Wildman–Crippen MR) is 144 cm³/mol. The van der Waals surface area contributed by atoms with Crippen molar-refractivity contribution in [2.24, 2.45) is 0 Å². The molecule has 0 aromatic heterocycles. The topological polar surface area (TPSA) is 90.3 Å². The number of rotatable bonds is 10. The van der Waals surface area contributed by atoms with Gasteiger partial charge in [0.2, 0.25) is 0 Å². The van der Waals surface area contributed by atoms with Crippen LogP contribution in [0.4, 0.5) is 8.78 Å². The third kappa shape index (κ3) is 10.6. The van der Waals surface area contributed by atoms with Gasteiger partial charge in [-0.3, -0.25) is 4.90 Å². The van der Waals surface area contributed by atoms with E-state index in [1.54, 1.807) is 24.3 Å². The minimum Gasteiger partial charge on any atom is -0.473 e. The van der Waals surface area contributed by atoms with Crippen LogP contribution in [-0.4, -0.2) is 77.8 Å². The Kier molecular flexibility index (Phi) is 12.0. The monoisotopic (exact) mass is 540 g/mol. The fourth-order valence-electron chi connectivity index (χ4n) is 4.35. The van der Waals surface area contributed by atoms with Crippen LogP contribution >= 0.6 is 0 Å².